The van der Waals surface area contributed by atoms with E-state index >= 15 is 0 Å². The van der Waals surface area contributed by atoms with E-state index in [0.717, 1.165) is 42.5 Å². The van der Waals surface area contributed by atoms with Crippen molar-refractivity contribution in [3.8, 4) is 0 Å². The van der Waals surface area contributed by atoms with Crippen LogP contribution >= 0.6 is 12.2 Å². The van der Waals surface area contributed by atoms with Gasteiger partial charge in [-0.1, -0.05) is 6.07 Å². The van der Waals surface area contributed by atoms with Crippen LogP contribution in [0.5, 0.6) is 0 Å². The summed E-state index contributed by atoms with van der Waals surface area (Å²) < 4.78 is 2.05. The molecule has 0 spiro atoms. The van der Waals surface area contributed by atoms with E-state index in [0.29, 0.717) is 0 Å². The fourth-order valence-electron chi connectivity index (χ4n) is 2.62. The lowest BCUT2D eigenvalue weighted by molar-refractivity contribution is 0.376. The number of thiocarbonyl (C=S) groups is 1. The van der Waals surface area contributed by atoms with E-state index < -0.39 is 0 Å². The number of fused-ring (bicyclic) bond motifs is 1. The van der Waals surface area contributed by atoms with Crippen LogP contribution in [0.25, 0.3) is 5.65 Å². The highest BCUT2D eigenvalue weighted by Gasteiger charge is 2.31. The van der Waals surface area contributed by atoms with Crippen molar-refractivity contribution < 1.29 is 0 Å². The molecule has 0 aliphatic carbocycles. The van der Waals surface area contributed by atoms with Gasteiger partial charge in [-0.05, 0) is 44.1 Å². The molecule has 3 rings (SSSR count). The molecule has 6 heteroatoms. The van der Waals surface area contributed by atoms with E-state index in [2.05, 4.69) is 31.7 Å². The van der Waals surface area contributed by atoms with Crippen LogP contribution in [0.15, 0.2) is 24.4 Å². The average Bonchev–Trinajstić information content (AvgIpc) is 3.05. The average molecular weight is 275 g/mol. The highest BCUT2D eigenvalue weighted by Crippen LogP contribution is 2.30. The normalized spacial score (nSPS) is 19.0. The number of hydrogen-bond acceptors (Lipinski definition) is 3. The Balaban J connectivity index is 1.94. The first kappa shape index (κ1) is 12.3. The first-order chi connectivity index (χ1) is 9.31. The van der Waals surface area contributed by atoms with Gasteiger partial charge in [-0.3, -0.25) is 4.40 Å². The third-order valence-electron chi connectivity index (χ3n) is 3.48. The van der Waals surface area contributed by atoms with Crippen molar-refractivity contribution in [3.05, 3.63) is 30.2 Å². The zero-order valence-electron chi connectivity index (χ0n) is 10.9. The topological polar surface area (TPSA) is 45.5 Å². The molecule has 1 saturated heterocycles. The van der Waals surface area contributed by atoms with Crippen LogP contribution in [-0.2, 0) is 0 Å². The van der Waals surface area contributed by atoms with Gasteiger partial charge < -0.3 is 10.2 Å². The molecule has 3 heterocycles. The van der Waals surface area contributed by atoms with Gasteiger partial charge in [0, 0.05) is 19.3 Å². The number of hydrogen-bond donors (Lipinski definition) is 1. The number of rotatable bonds is 2. The van der Waals surface area contributed by atoms with E-state index in [1.54, 1.807) is 0 Å². The Hall–Kier alpha value is -1.69. The van der Waals surface area contributed by atoms with Gasteiger partial charge in [0.2, 0.25) is 0 Å². The van der Waals surface area contributed by atoms with Crippen molar-refractivity contribution in [2.24, 2.45) is 0 Å². The summed E-state index contributed by atoms with van der Waals surface area (Å²) in [5.41, 5.74) is 0.888. The van der Waals surface area contributed by atoms with Crippen molar-refractivity contribution in [3.63, 3.8) is 0 Å². The van der Waals surface area contributed by atoms with Crippen LogP contribution in [0, 0.1) is 0 Å². The summed E-state index contributed by atoms with van der Waals surface area (Å²) in [5.74, 6) is 0.980. The lowest BCUT2D eigenvalue weighted by Crippen LogP contribution is -2.39. The molecule has 5 nitrogen and oxygen atoms in total. The first-order valence-corrected chi connectivity index (χ1v) is 7.06. The molecule has 0 aromatic carbocycles. The largest absolute Gasteiger partial charge is 0.363 e. The third kappa shape index (κ3) is 2.16. The summed E-state index contributed by atoms with van der Waals surface area (Å²) in [6, 6.07) is 6.17. The highest BCUT2D eigenvalue weighted by atomic mass is 32.1. The van der Waals surface area contributed by atoms with E-state index in [1.807, 2.05) is 24.4 Å². The summed E-state index contributed by atoms with van der Waals surface area (Å²) in [7, 11) is 0. The fraction of sp³-hybridized carbons (Fsp3) is 0.462. The molecular weight excluding hydrogens is 258 g/mol. The minimum Gasteiger partial charge on any atom is -0.363 e. The van der Waals surface area contributed by atoms with Gasteiger partial charge in [0.1, 0.15) is 0 Å². The Kier molecular flexibility index (Phi) is 3.33. The summed E-state index contributed by atoms with van der Waals surface area (Å²) in [5, 5.41) is 12.6. The van der Waals surface area contributed by atoms with Gasteiger partial charge in [-0.2, -0.15) is 0 Å². The smallest absolute Gasteiger partial charge is 0.169 e. The van der Waals surface area contributed by atoms with Crippen LogP contribution in [-0.4, -0.2) is 37.7 Å². The number of nitrogens with one attached hydrogen (secondary N) is 1. The lowest BCUT2D eigenvalue weighted by atomic mass is 10.2. The Labute approximate surface area is 117 Å². The SMILES string of the molecule is CCNC(=S)N1CCC[C@H]1c1nnc2ccccn12. The molecule has 0 radical (unpaired) electrons. The minimum atomic E-state index is 0.226. The van der Waals surface area contributed by atoms with E-state index in [9.17, 15) is 0 Å². The van der Waals surface area contributed by atoms with Gasteiger partial charge in [0.05, 0.1) is 6.04 Å². The molecule has 0 unspecified atom stereocenters. The van der Waals surface area contributed by atoms with Crippen LogP contribution < -0.4 is 5.32 Å². The van der Waals surface area contributed by atoms with Crippen molar-refractivity contribution in [1.29, 1.82) is 0 Å². The molecule has 1 N–H and O–H groups in total. The molecule has 0 bridgehead atoms. The Bertz CT molecular complexity index is 593. The number of likely N-dealkylation sites (tertiary alicyclic amines) is 1. The maximum absolute atomic E-state index is 5.44. The zero-order valence-corrected chi connectivity index (χ0v) is 11.7. The number of nitrogens with zero attached hydrogens (tertiary/aromatic N) is 4. The Morgan fingerprint density at radius 3 is 3.21 bits per heavy atom. The van der Waals surface area contributed by atoms with Gasteiger partial charge >= 0.3 is 0 Å². The Morgan fingerprint density at radius 2 is 2.37 bits per heavy atom. The molecule has 0 amide bonds. The predicted molar refractivity (Wildman–Crippen MR) is 77.9 cm³/mol. The number of aromatic nitrogens is 3. The second-order valence-corrected chi connectivity index (χ2v) is 5.06. The second-order valence-electron chi connectivity index (χ2n) is 4.67. The van der Waals surface area contributed by atoms with E-state index in [-0.39, 0.29) is 6.04 Å². The zero-order chi connectivity index (χ0) is 13.2. The maximum Gasteiger partial charge on any atom is 0.169 e. The third-order valence-corrected chi connectivity index (χ3v) is 3.86. The van der Waals surface area contributed by atoms with Gasteiger partial charge in [-0.25, -0.2) is 0 Å². The van der Waals surface area contributed by atoms with Crippen molar-refractivity contribution >= 4 is 23.0 Å². The molecule has 2 aromatic heterocycles. The first-order valence-electron chi connectivity index (χ1n) is 6.65. The second kappa shape index (κ2) is 5.13. The van der Waals surface area contributed by atoms with Crippen LogP contribution in [0.4, 0.5) is 0 Å². The monoisotopic (exact) mass is 275 g/mol. The molecule has 1 atom stereocenters. The molecule has 19 heavy (non-hydrogen) atoms. The standard InChI is InChI=1S/C13H17N5S/c1-2-14-13(19)17-9-5-6-10(17)12-16-15-11-7-3-4-8-18(11)12/h3-4,7-8,10H,2,5-6,9H2,1H3,(H,14,19)/t10-/m0/s1. The molecule has 2 aromatic rings. The molecular formula is C13H17N5S. The van der Waals surface area contributed by atoms with Crippen molar-refractivity contribution in [2.45, 2.75) is 25.8 Å². The van der Waals surface area contributed by atoms with Crippen LogP contribution in [0.2, 0.25) is 0 Å². The van der Waals surface area contributed by atoms with E-state index in [1.165, 1.54) is 0 Å². The predicted octanol–water partition coefficient (Wildman–Crippen LogP) is 1.76. The summed E-state index contributed by atoms with van der Waals surface area (Å²) in [6.45, 7) is 3.89. The highest BCUT2D eigenvalue weighted by molar-refractivity contribution is 7.80. The summed E-state index contributed by atoms with van der Waals surface area (Å²) in [6.07, 6.45) is 4.22. The summed E-state index contributed by atoms with van der Waals surface area (Å²) >= 11 is 5.44. The maximum atomic E-state index is 5.44. The summed E-state index contributed by atoms with van der Waals surface area (Å²) in [4.78, 5) is 2.22. The van der Waals surface area contributed by atoms with E-state index in [4.69, 9.17) is 12.2 Å². The van der Waals surface area contributed by atoms with Gasteiger partial charge in [-0.15, -0.1) is 10.2 Å². The Morgan fingerprint density at radius 1 is 1.47 bits per heavy atom. The molecule has 100 valence electrons. The molecule has 1 fully saturated rings. The minimum absolute atomic E-state index is 0.226. The van der Waals surface area contributed by atoms with Crippen LogP contribution in [0.3, 0.4) is 0 Å². The van der Waals surface area contributed by atoms with Gasteiger partial charge in [0.15, 0.2) is 16.6 Å². The van der Waals surface area contributed by atoms with Gasteiger partial charge in [0.25, 0.3) is 0 Å². The molecule has 0 saturated carbocycles. The molecule has 1 aliphatic heterocycles. The quantitative estimate of drug-likeness (QED) is 0.846. The molecule has 1 aliphatic rings. The fourth-order valence-corrected chi connectivity index (χ4v) is 2.98. The van der Waals surface area contributed by atoms with Crippen molar-refractivity contribution in [2.75, 3.05) is 13.1 Å². The lowest BCUT2D eigenvalue weighted by Gasteiger charge is -2.26. The van der Waals surface area contributed by atoms with Crippen LogP contribution in [0.1, 0.15) is 31.6 Å². The number of pyridine rings is 1. The van der Waals surface area contributed by atoms with Crippen molar-refractivity contribution in [1.82, 2.24) is 24.8 Å².